The Hall–Kier alpha value is -2.95. The summed E-state index contributed by atoms with van der Waals surface area (Å²) in [5.41, 5.74) is 2.81. The largest absolute Gasteiger partial charge is 0.530 e. The SMILES string of the molecule is O=C([O-])N(CCc1c[nH]c2ccc(O)cc12)Cc1ccccc1. The van der Waals surface area contributed by atoms with Gasteiger partial charge < -0.3 is 24.9 Å². The molecule has 23 heavy (non-hydrogen) atoms. The number of nitrogens with zero attached hydrogens (tertiary/aromatic N) is 1. The van der Waals surface area contributed by atoms with Crippen LogP contribution in [0.2, 0.25) is 0 Å². The second-order valence-corrected chi connectivity index (χ2v) is 5.47. The van der Waals surface area contributed by atoms with E-state index in [4.69, 9.17) is 0 Å². The lowest BCUT2D eigenvalue weighted by Gasteiger charge is -2.25. The van der Waals surface area contributed by atoms with Gasteiger partial charge in [0.15, 0.2) is 0 Å². The van der Waals surface area contributed by atoms with Crippen molar-refractivity contribution in [3.05, 3.63) is 65.9 Å². The van der Waals surface area contributed by atoms with Crippen LogP contribution in [0.15, 0.2) is 54.7 Å². The van der Waals surface area contributed by atoms with Gasteiger partial charge in [0.25, 0.3) is 0 Å². The lowest BCUT2D eigenvalue weighted by Crippen LogP contribution is -2.41. The van der Waals surface area contributed by atoms with E-state index in [1.165, 1.54) is 4.90 Å². The lowest BCUT2D eigenvalue weighted by atomic mass is 10.1. The van der Waals surface area contributed by atoms with Crippen molar-refractivity contribution in [2.24, 2.45) is 0 Å². The third-order valence-corrected chi connectivity index (χ3v) is 3.88. The van der Waals surface area contributed by atoms with Crippen molar-refractivity contribution < 1.29 is 15.0 Å². The topological polar surface area (TPSA) is 79.4 Å². The van der Waals surface area contributed by atoms with Crippen LogP contribution in [0, 0.1) is 0 Å². The highest BCUT2D eigenvalue weighted by atomic mass is 16.4. The van der Waals surface area contributed by atoms with Crippen molar-refractivity contribution in [1.82, 2.24) is 9.88 Å². The van der Waals surface area contributed by atoms with E-state index in [2.05, 4.69) is 4.98 Å². The maximum atomic E-state index is 11.3. The molecule has 0 aliphatic heterocycles. The molecule has 0 bridgehead atoms. The first kappa shape index (κ1) is 15.0. The normalized spacial score (nSPS) is 10.8. The minimum atomic E-state index is -1.18. The fourth-order valence-electron chi connectivity index (χ4n) is 2.67. The van der Waals surface area contributed by atoms with Crippen LogP contribution in [0.3, 0.4) is 0 Å². The maximum Gasteiger partial charge on any atom is 0.137 e. The van der Waals surface area contributed by atoms with Gasteiger partial charge in [0.1, 0.15) is 11.8 Å². The molecular weight excluding hydrogens is 292 g/mol. The Kier molecular flexibility index (Phi) is 4.19. The summed E-state index contributed by atoms with van der Waals surface area (Å²) >= 11 is 0. The van der Waals surface area contributed by atoms with Gasteiger partial charge in [0.2, 0.25) is 0 Å². The summed E-state index contributed by atoms with van der Waals surface area (Å²) < 4.78 is 0. The molecule has 2 aromatic carbocycles. The second-order valence-electron chi connectivity index (χ2n) is 5.47. The van der Waals surface area contributed by atoms with Crippen molar-refractivity contribution in [1.29, 1.82) is 0 Å². The van der Waals surface area contributed by atoms with Crippen LogP contribution in [0.25, 0.3) is 10.9 Å². The molecular formula is C18H17N2O3-. The number of phenols is 1. The number of hydrogen-bond donors (Lipinski definition) is 2. The summed E-state index contributed by atoms with van der Waals surface area (Å²) in [4.78, 5) is 15.8. The van der Waals surface area contributed by atoms with Crippen LogP contribution in [0.5, 0.6) is 5.75 Å². The Labute approximate surface area is 133 Å². The Bertz CT molecular complexity index is 812. The van der Waals surface area contributed by atoms with Gasteiger partial charge in [-0.3, -0.25) is 0 Å². The fourth-order valence-corrected chi connectivity index (χ4v) is 2.67. The molecule has 0 saturated carbocycles. The number of hydrogen-bond acceptors (Lipinski definition) is 3. The van der Waals surface area contributed by atoms with E-state index in [0.29, 0.717) is 19.5 Å². The van der Waals surface area contributed by atoms with E-state index >= 15 is 0 Å². The molecule has 5 nitrogen and oxygen atoms in total. The standard InChI is InChI=1S/C18H18N2O3/c21-15-6-7-17-16(10-15)14(11-19-17)8-9-20(18(22)23)12-13-4-2-1-3-5-13/h1-7,10-11,19,21H,8-9,12H2,(H,22,23)/p-1. The predicted octanol–water partition coefficient (Wildman–Crippen LogP) is 2.26. The van der Waals surface area contributed by atoms with Crippen molar-refractivity contribution in [3.8, 4) is 5.75 Å². The summed E-state index contributed by atoms with van der Waals surface area (Å²) in [6.07, 6.45) is 1.21. The molecule has 0 aliphatic rings. The molecule has 1 amide bonds. The summed E-state index contributed by atoms with van der Waals surface area (Å²) in [5, 5.41) is 21.9. The van der Waals surface area contributed by atoms with Gasteiger partial charge in [0, 0.05) is 30.2 Å². The molecule has 0 fully saturated rings. The second kappa shape index (κ2) is 6.44. The molecule has 118 valence electrons. The number of aromatic hydroxyl groups is 1. The number of amides is 1. The minimum absolute atomic E-state index is 0.194. The van der Waals surface area contributed by atoms with Gasteiger partial charge in [-0.25, -0.2) is 0 Å². The number of aromatic nitrogens is 1. The van der Waals surface area contributed by atoms with E-state index in [1.54, 1.807) is 18.2 Å². The molecule has 1 heterocycles. The van der Waals surface area contributed by atoms with Crippen LogP contribution < -0.4 is 5.11 Å². The number of nitrogens with one attached hydrogen (secondary N) is 1. The van der Waals surface area contributed by atoms with Gasteiger partial charge in [-0.15, -0.1) is 0 Å². The summed E-state index contributed by atoms with van der Waals surface area (Å²) in [7, 11) is 0. The van der Waals surface area contributed by atoms with Crippen molar-refractivity contribution >= 4 is 17.0 Å². The number of phenolic OH excluding ortho intramolecular Hbond substituents is 1. The average Bonchev–Trinajstić information content (AvgIpc) is 2.94. The number of carboxylic acid groups (broad SMARTS) is 1. The van der Waals surface area contributed by atoms with Crippen LogP contribution >= 0.6 is 0 Å². The van der Waals surface area contributed by atoms with Gasteiger partial charge in [-0.2, -0.15) is 0 Å². The molecule has 5 heteroatoms. The zero-order valence-electron chi connectivity index (χ0n) is 12.5. The number of carbonyl (C=O) groups is 1. The van der Waals surface area contributed by atoms with Crippen LogP contribution in [-0.4, -0.2) is 27.6 Å². The fraction of sp³-hybridized carbons (Fsp3) is 0.167. The Balaban J connectivity index is 1.73. The van der Waals surface area contributed by atoms with E-state index in [0.717, 1.165) is 22.0 Å². The van der Waals surface area contributed by atoms with Crippen molar-refractivity contribution in [2.45, 2.75) is 13.0 Å². The summed E-state index contributed by atoms with van der Waals surface area (Å²) in [5.74, 6) is 0.194. The van der Waals surface area contributed by atoms with Gasteiger partial charge in [-0.05, 0) is 35.7 Å². The molecule has 0 radical (unpaired) electrons. The van der Waals surface area contributed by atoms with Gasteiger partial charge >= 0.3 is 0 Å². The van der Waals surface area contributed by atoms with Gasteiger partial charge in [0.05, 0.1) is 0 Å². The number of aromatic amines is 1. The number of rotatable bonds is 5. The number of benzene rings is 2. The molecule has 1 aromatic heterocycles. The minimum Gasteiger partial charge on any atom is -0.530 e. The molecule has 0 unspecified atom stereocenters. The zero-order valence-corrected chi connectivity index (χ0v) is 12.5. The van der Waals surface area contributed by atoms with Crippen LogP contribution in [0.4, 0.5) is 4.79 Å². The highest BCUT2D eigenvalue weighted by Gasteiger charge is 2.09. The maximum absolute atomic E-state index is 11.3. The van der Waals surface area contributed by atoms with Crippen molar-refractivity contribution in [3.63, 3.8) is 0 Å². The molecule has 2 N–H and O–H groups in total. The first-order chi connectivity index (χ1) is 11.1. The van der Waals surface area contributed by atoms with E-state index in [-0.39, 0.29) is 5.75 Å². The monoisotopic (exact) mass is 309 g/mol. The third-order valence-electron chi connectivity index (χ3n) is 3.88. The highest BCUT2D eigenvalue weighted by Crippen LogP contribution is 2.23. The number of fused-ring (bicyclic) bond motifs is 1. The predicted molar refractivity (Wildman–Crippen MR) is 85.9 cm³/mol. The molecule has 0 atom stereocenters. The van der Waals surface area contributed by atoms with Crippen LogP contribution in [0.1, 0.15) is 11.1 Å². The Morgan fingerprint density at radius 2 is 1.96 bits per heavy atom. The average molecular weight is 309 g/mol. The highest BCUT2D eigenvalue weighted by molar-refractivity contribution is 5.84. The Morgan fingerprint density at radius 3 is 2.70 bits per heavy atom. The molecule has 3 rings (SSSR count). The van der Waals surface area contributed by atoms with Crippen LogP contribution in [-0.2, 0) is 13.0 Å². The van der Waals surface area contributed by atoms with Gasteiger partial charge in [-0.1, -0.05) is 30.3 Å². The number of carbonyl (C=O) groups excluding carboxylic acids is 1. The zero-order chi connectivity index (χ0) is 16.2. The quantitative estimate of drug-likeness (QED) is 0.758. The van der Waals surface area contributed by atoms with Crippen molar-refractivity contribution in [2.75, 3.05) is 6.54 Å². The Morgan fingerprint density at radius 1 is 1.17 bits per heavy atom. The third kappa shape index (κ3) is 3.45. The smallest absolute Gasteiger partial charge is 0.137 e. The first-order valence-corrected chi connectivity index (χ1v) is 7.42. The first-order valence-electron chi connectivity index (χ1n) is 7.42. The van der Waals surface area contributed by atoms with E-state index in [9.17, 15) is 15.0 Å². The molecule has 0 saturated heterocycles. The molecule has 3 aromatic rings. The molecule has 0 aliphatic carbocycles. The van der Waals surface area contributed by atoms with E-state index in [1.807, 2.05) is 36.5 Å². The lowest BCUT2D eigenvalue weighted by molar-refractivity contribution is -0.266. The van der Waals surface area contributed by atoms with E-state index < -0.39 is 6.09 Å². The molecule has 0 spiro atoms. The summed E-state index contributed by atoms with van der Waals surface area (Å²) in [6, 6.07) is 14.5. The summed E-state index contributed by atoms with van der Waals surface area (Å²) in [6.45, 7) is 0.636. The number of H-pyrrole nitrogens is 1.